The van der Waals surface area contributed by atoms with Crippen LogP contribution in [0.15, 0.2) is 0 Å². The molecule has 0 aliphatic rings. The summed E-state index contributed by atoms with van der Waals surface area (Å²) < 4.78 is 0. The Morgan fingerprint density at radius 1 is 0.692 bits per heavy atom. The van der Waals surface area contributed by atoms with E-state index >= 15 is 0 Å². The molecule has 0 aromatic rings. The van der Waals surface area contributed by atoms with Gasteiger partial charge >= 0.3 is 20.4 Å². The van der Waals surface area contributed by atoms with Crippen LogP contribution in [0.1, 0.15) is 0 Å². The van der Waals surface area contributed by atoms with Crippen LogP contribution in [-0.4, -0.2) is 46.4 Å². The van der Waals surface area contributed by atoms with Crippen molar-refractivity contribution in [1.29, 1.82) is 0 Å². The number of aliphatic hydroxyl groups excluding tert-OH is 2. The molecule has 0 rings (SSSR count). The molecule has 0 aliphatic carbocycles. The molecule has 2 N–H and O–H groups in total. The summed E-state index contributed by atoms with van der Waals surface area (Å²) in [6, 6.07) is 0. The van der Waals surface area contributed by atoms with Gasteiger partial charge in [-0.25, -0.2) is 0 Å². The first-order valence-corrected chi connectivity index (χ1v) is 5.60. The van der Waals surface area contributed by atoms with E-state index in [1.807, 2.05) is 0 Å². The summed E-state index contributed by atoms with van der Waals surface area (Å²) in [5, 5.41) is 16.8. The normalized spacial score (nSPS) is 7.85. The Kier molecular flexibility index (Phi) is 43.9. The van der Waals surface area contributed by atoms with Gasteiger partial charge in [-0.3, -0.25) is 0 Å². The summed E-state index contributed by atoms with van der Waals surface area (Å²) >= 11 is 3.50. The second kappa shape index (κ2) is 23.6. The zero-order valence-corrected chi connectivity index (χ0v) is 11.7. The molecule has 0 saturated heterocycles. The van der Waals surface area contributed by atoms with Crippen molar-refractivity contribution in [3.8, 4) is 0 Å². The number of rotatable bonds is 7. The molecular formula is C6H14Cl2O2PdS2. The zero-order valence-electron chi connectivity index (χ0n) is 7.03. The summed E-state index contributed by atoms with van der Waals surface area (Å²) in [6.45, 7) is 0.546. The van der Waals surface area contributed by atoms with E-state index in [4.69, 9.17) is 10.2 Å². The molecule has 0 spiro atoms. The van der Waals surface area contributed by atoms with Crippen LogP contribution in [0.3, 0.4) is 0 Å². The van der Waals surface area contributed by atoms with E-state index in [1.165, 1.54) is 0 Å². The molecule has 0 aromatic heterocycles. The Balaban J connectivity index is -0.000000135. The summed E-state index contributed by atoms with van der Waals surface area (Å²) in [5.41, 5.74) is 0. The first-order valence-electron chi connectivity index (χ1n) is 3.29. The fourth-order valence-corrected chi connectivity index (χ4v) is 2.06. The van der Waals surface area contributed by atoms with Crippen LogP contribution in [0.5, 0.6) is 0 Å². The first kappa shape index (κ1) is 24.2. The molecule has 0 atom stereocenters. The molecule has 13 heavy (non-hydrogen) atoms. The van der Waals surface area contributed by atoms with Crippen LogP contribution in [0.4, 0.5) is 0 Å². The van der Waals surface area contributed by atoms with Crippen molar-refractivity contribution in [1.82, 2.24) is 0 Å². The van der Waals surface area contributed by atoms with Crippen molar-refractivity contribution in [2.24, 2.45) is 0 Å². The number of thioether (sulfide) groups is 2. The van der Waals surface area contributed by atoms with E-state index in [0.717, 1.165) is 23.0 Å². The van der Waals surface area contributed by atoms with E-state index in [9.17, 15) is 0 Å². The van der Waals surface area contributed by atoms with Gasteiger partial charge in [-0.2, -0.15) is 23.5 Å². The van der Waals surface area contributed by atoms with E-state index in [1.54, 1.807) is 23.5 Å². The molecule has 0 radical (unpaired) electrons. The summed E-state index contributed by atoms with van der Waals surface area (Å²) in [4.78, 5) is 0. The Morgan fingerprint density at radius 3 is 1.23 bits per heavy atom. The third kappa shape index (κ3) is 24.8. The van der Waals surface area contributed by atoms with Crippen LogP contribution >= 0.6 is 23.5 Å². The van der Waals surface area contributed by atoms with E-state index in [2.05, 4.69) is 0 Å². The smallest absolute Gasteiger partial charge is 1.00 e. The van der Waals surface area contributed by atoms with E-state index < -0.39 is 0 Å². The summed E-state index contributed by atoms with van der Waals surface area (Å²) in [6.07, 6.45) is 0. The molecule has 0 aromatic carbocycles. The SMILES string of the molecule is OCCSCCSCCO.[Cl-].[Cl-].[Pd+2]. The largest absolute Gasteiger partial charge is 2.00 e. The van der Waals surface area contributed by atoms with Gasteiger partial charge in [0.25, 0.3) is 0 Å². The van der Waals surface area contributed by atoms with Gasteiger partial charge in [-0.15, -0.1) is 0 Å². The predicted molar refractivity (Wildman–Crippen MR) is 48.8 cm³/mol. The van der Waals surface area contributed by atoms with Crippen LogP contribution in [0.2, 0.25) is 0 Å². The minimum Gasteiger partial charge on any atom is -1.00 e. The fraction of sp³-hybridized carbons (Fsp3) is 1.00. The van der Waals surface area contributed by atoms with Crippen molar-refractivity contribution in [3.63, 3.8) is 0 Å². The maximum absolute atomic E-state index is 8.40. The topological polar surface area (TPSA) is 40.5 Å². The van der Waals surface area contributed by atoms with Crippen LogP contribution in [0, 0.1) is 0 Å². The minimum absolute atomic E-state index is 0. The Hall–Kier alpha value is 1.86. The molecule has 0 amide bonds. The van der Waals surface area contributed by atoms with E-state index in [0.29, 0.717) is 0 Å². The van der Waals surface area contributed by atoms with Crippen molar-refractivity contribution >= 4 is 23.5 Å². The molecule has 0 bridgehead atoms. The second-order valence-corrected chi connectivity index (χ2v) is 4.12. The second-order valence-electron chi connectivity index (χ2n) is 1.67. The Bertz CT molecular complexity index is 66.6. The van der Waals surface area contributed by atoms with Gasteiger partial charge in [0.05, 0.1) is 13.2 Å². The molecule has 86 valence electrons. The standard InChI is InChI=1S/C6H14O2S2.2ClH.Pd/c7-1-3-9-5-6-10-4-2-8;;;/h7-8H,1-6H2;2*1H;/q;;;+2/p-2. The van der Waals surface area contributed by atoms with Crippen molar-refractivity contribution in [3.05, 3.63) is 0 Å². The van der Waals surface area contributed by atoms with Crippen LogP contribution in [-0.2, 0) is 20.4 Å². The van der Waals surface area contributed by atoms with E-state index in [-0.39, 0.29) is 58.5 Å². The van der Waals surface area contributed by atoms with Crippen molar-refractivity contribution < 1.29 is 55.4 Å². The quantitative estimate of drug-likeness (QED) is 0.351. The zero-order chi connectivity index (χ0) is 7.66. The van der Waals surface area contributed by atoms with Crippen LogP contribution in [0.25, 0.3) is 0 Å². The molecule has 0 fully saturated rings. The van der Waals surface area contributed by atoms with Gasteiger partial charge in [0.2, 0.25) is 0 Å². The van der Waals surface area contributed by atoms with Gasteiger partial charge < -0.3 is 35.0 Å². The average molecular weight is 360 g/mol. The third-order valence-electron chi connectivity index (χ3n) is 0.843. The molecule has 0 saturated carbocycles. The number of hydrogen-bond acceptors (Lipinski definition) is 4. The van der Waals surface area contributed by atoms with Gasteiger partial charge in [-0.05, 0) is 0 Å². The van der Waals surface area contributed by atoms with Crippen LogP contribution < -0.4 is 24.8 Å². The maximum atomic E-state index is 8.40. The van der Waals surface area contributed by atoms with Gasteiger partial charge in [0, 0.05) is 23.0 Å². The Labute approximate surface area is 114 Å². The molecule has 0 heterocycles. The molecule has 0 aliphatic heterocycles. The third-order valence-corrected chi connectivity index (χ3v) is 3.03. The van der Waals surface area contributed by atoms with Crippen molar-refractivity contribution in [2.45, 2.75) is 0 Å². The average Bonchev–Trinajstić information content (AvgIpc) is 1.97. The monoisotopic (exact) mass is 358 g/mol. The fourth-order valence-electron chi connectivity index (χ4n) is 0.451. The van der Waals surface area contributed by atoms with Crippen molar-refractivity contribution in [2.75, 3.05) is 36.2 Å². The molecular weight excluding hydrogens is 346 g/mol. The maximum Gasteiger partial charge on any atom is 2.00 e. The van der Waals surface area contributed by atoms with Gasteiger partial charge in [0.1, 0.15) is 0 Å². The predicted octanol–water partition coefficient (Wildman–Crippen LogP) is -5.56. The number of hydrogen-bond donors (Lipinski definition) is 2. The van der Waals surface area contributed by atoms with Gasteiger partial charge in [-0.1, -0.05) is 0 Å². The first-order chi connectivity index (χ1) is 4.91. The Morgan fingerprint density at radius 2 is 1.00 bits per heavy atom. The minimum atomic E-state index is 0. The molecule has 7 heteroatoms. The molecule has 2 nitrogen and oxygen atoms in total. The summed E-state index contributed by atoms with van der Waals surface area (Å²) in [5.74, 6) is 3.82. The number of aliphatic hydroxyl groups is 2. The number of halogens is 2. The molecule has 0 unspecified atom stereocenters. The van der Waals surface area contributed by atoms with Gasteiger partial charge in [0.15, 0.2) is 0 Å². The summed E-state index contributed by atoms with van der Waals surface area (Å²) in [7, 11) is 0.